The van der Waals surface area contributed by atoms with Gasteiger partial charge < -0.3 is 5.11 Å². The molecule has 0 aliphatic carbocycles. The number of aromatic nitrogens is 1. The fourth-order valence-electron chi connectivity index (χ4n) is 2.94. The molecule has 1 atom stereocenters. The molecule has 0 saturated heterocycles. The van der Waals surface area contributed by atoms with Gasteiger partial charge in [-0.15, -0.1) is 11.3 Å². The third-order valence-corrected chi connectivity index (χ3v) is 5.02. The Labute approximate surface area is 148 Å². The van der Waals surface area contributed by atoms with E-state index in [1.54, 1.807) is 30.6 Å². The number of para-hydroxylation sites is 1. The van der Waals surface area contributed by atoms with Gasteiger partial charge in [0.25, 0.3) is 5.91 Å². The van der Waals surface area contributed by atoms with Gasteiger partial charge in [0.2, 0.25) is 0 Å². The van der Waals surface area contributed by atoms with Crippen LogP contribution in [0.15, 0.2) is 71.4 Å². The van der Waals surface area contributed by atoms with Crippen LogP contribution in [0.25, 0.3) is 0 Å². The number of amides is 1. The molecule has 1 aliphatic heterocycles. The predicted molar refractivity (Wildman–Crippen MR) is 96.7 cm³/mol. The summed E-state index contributed by atoms with van der Waals surface area (Å²) >= 11 is 1.38. The Morgan fingerprint density at radius 3 is 2.64 bits per heavy atom. The molecule has 1 aromatic carbocycles. The van der Waals surface area contributed by atoms with E-state index in [-0.39, 0.29) is 17.7 Å². The second kappa shape index (κ2) is 6.49. The first-order valence-electron chi connectivity index (χ1n) is 7.87. The van der Waals surface area contributed by atoms with Crippen LogP contribution in [0.2, 0.25) is 0 Å². The van der Waals surface area contributed by atoms with E-state index in [1.807, 2.05) is 35.7 Å². The monoisotopic (exact) mass is 349 g/mol. The predicted octanol–water partition coefficient (Wildman–Crippen LogP) is 3.84. The van der Waals surface area contributed by atoms with Crippen molar-refractivity contribution in [2.24, 2.45) is 5.10 Å². The van der Waals surface area contributed by atoms with Crippen LogP contribution >= 0.6 is 11.3 Å². The lowest BCUT2D eigenvalue weighted by Gasteiger charge is -2.22. The third-order valence-electron chi connectivity index (χ3n) is 4.16. The van der Waals surface area contributed by atoms with Gasteiger partial charge in [0.1, 0.15) is 5.75 Å². The number of rotatable bonds is 3. The normalized spacial score (nSPS) is 16.7. The second-order valence-corrected chi connectivity index (χ2v) is 6.64. The molecule has 2 aromatic heterocycles. The average molecular weight is 349 g/mol. The first-order valence-corrected chi connectivity index (χ1v) is 8.75. The van der Waals surface area contributed by atoms with Gasteiger partial charge in [-0.2, -0.15) is 5.10 Å². The van der Waals surface area contributed by atoms with Crippen molar-refractivity contribution in [1.82, 2.24) is 9.99 Å². The molecule has 0 unspecified atom stereocenters. The fourth-order valence-corrected chi connectivity index (χ4v) is 3.60. The van der Waals surface area contributed by atoms with E-state index >= 15 is 0 Å². The Kier molecular flexibility index (Phi) is 4.03. The van der Waals surface area contributed by atoms with Gasteiger partial charge in [-0.05, 0) is 29.6 Å². The molecule has 0 radical (unpaired) electrons. The van der Waals surface area contributed by atoms with Crippen molar-refractivity contribution in [2.45, 2.75) is 12.5 Å². The van der Waals surface area contributed by atoms with Gasteiger partial charge in [-0.1, -0.05) is 24.3 Å². The summed E-state index contributed by atoms with van der Waals surface area (Å²) in [6.07, 6.45) is 3.95. The van der Waals surface area contributed by atoms with Gasteiger partial charge in [0, 0.05) is 29.9 Å². The number of nitrogens with zero attached hydrogens (tertiary/aromatic N) is 3. The summed E-state index contributed by atoms with van der Waals surface area (Å²) in [5.41, 5.74) is 2.43. The van der Waals surface area contributed by atoms with E-state index in [1.165, 1.54) is 16.3 Å². The smallest absolute Gasteiger partial charge is 0.284 e. The first-order chi connectivity index (χ1) is 12.2. The van der Waals surface area contributed by atoms with Crippen molar-refractivity contribution in [3.8, 4) is 5.75 Å². The number of benzene rings is 1. The summed E-state index contributed by atoms with van der Waals surface area (Å²) in [4.78, 5) is 17.6. The largest absolute Gasteiger partial charge is 0.508 e. The summed E-state index contributed by atoms with van der Waals surface area (Å²) in [5, 5.41) is 18.2. The molecule has 25 heavy (non-hydrogen) atoms. The van der Waals surface area contributed by atoms with Gasteiger partial charge in [0.15, 0.2) is 0 Å². The highest BCUT2D eigenvalue weighted by atomic mass is 32.1. The summed E-state index contributed by atoms with van der Waals surface area (Å²) in [7, 11) is 0. The summed E-state index contributed by atoms with van der Waals surface area (Å²) in [6, 6.07) is 14.1. The summed E-state index contributed by atoms with van der Waals surface area (Å²) < 4.78 is 0. The van der Waals surface area contributed by atoms with Crippen molar-refractivity contribution in [3.63, 3.8) is 0 Å². The maximum absolute atomic E-state index is 12.9. The number of carbonyl (C=O) groups excluding carboxylic acids is 1. The van der Waals surface area contributed by atoms with Crippen LogP contribution in [-0.2, 0) is 0 Å². The Hall–Kier alpha value is -2.99. The molecule has 6 heteroatoms. The molecular formula is C19H15N3O2S. The zero-order chi connectivity index (χ0) is 17.2. The Morgan fingerprint density at radius 1 is 1.12 bits per heavy atom. The molecule has 0 fully saturated rings. The minimum absolute atomic E-state index is 0.160. The fraction of sp³-hybridized carbons (Fsp3) is 0.105. The summed E-state index contributed by atoms with van der Waals surface area (Å²) in [5.74, 6) is 0.00923. The van der Waals surface area contributed by atoms with Gasteiger partial charge in [-0.3, -0.25) is 9.78 Å². The standard InChI is InChI=1S/C19H15N3O2S/c23-17-5-2-1-4-14(17)16-12-15(13-7-9-20-10-8-13)21-22(16)19(24)18-6-3-11-25-18/h1-11,16,23H,12H2/t16-/m0/s1. The Bertz CT molecular complexity index is 923. The van der Waals surface area contributed by atoms with Gasteiger partial charge in [-0.25, -0.2) is 5.01 Å². The molecule has 0 saturated carbocycles. The minimum atomic E-state index is -0.334. The number of hydrogen-bond acceptors (Lipinski definition) is 5. The van der Waals surface area contributed by atoms with E-state index in [0.717, 1.165) is 11.3 Å². The van der Waals surface area contributed by atoms with Crippen molar-refractivity contribution >= 4 is 23.0 Å². The van der Waals surface area contributed by atoms with Crippen LogP contribution < -0.4 is 0 Å². The molecule has 3 aromatic rings. The van der Waals surface area contributed by atoms with Crippen molar-refractivity contribution in [3.05, 3.63) is 82.3 Å². The molecule has 5 nitrogen and oxygen atoms in total. The first kappa shape index (κ1) is 15.5. The van der Waals surface area contributed by atoms with Crippen molar-refractivity contribution in [2.75, 3.05) is 0 Å². The SMILES string of the molecule is O=C(c1cccs1)N1N=C(c2ccncc2)C[C@H]1c1ccccc1O. The highest BCUT2D eigenvalue weighted by Gasteiger charge is 2.35. The molecular weight excluding hydrogens is 334 g/mol. The van der Waals surface area contributed by atoms with Crippen LogP contribution in [0.4, 0.5) is 0 Å². The Morgan fingerprint density at radius 2 is 1.92 bits per heavy atom. The van der Waals surface area contributed by atoms with Crippen LogP contribution in [0.1, 0.15) is 33.3 Å². The van der Waals surface area contributed by atoms with Gasteiger partial charge in [0.05, 0.1) is 16.6 Å². The number of hydrazone groups is 1. The van der Waals surface area contributed by atoms with Crippen molar-refractivity contribution in [1.29, 1.82) is 0 Å². The highest BCUT2D eigenvalue weighted by molar-refractivity contribution is 7.12. The maximum atomic E-state index is 12.9. The lowest BCUT2D eigenvalue weighted by Crippen LogP contribution is -2.26. The zero-order valence-corrected chi connectivity index (χ0v) is 14.1. The average Bonchev–Trinajstić information content (AvgIpc) is 3.32. The highest BCUT2D eigenvalue weighted by Crippen LogP contribution is 2.38. The Balaban J connectivity index is 1.75. The number of thiophene rings is 1. The van der Waals surface area contributed by atoms with E-state index in [0.29, 0.717) is 16.9 Å². The molecule has 0 spiro atoms. The van der Waals surface area contributed by atoms with Crippen LogP contribution in [0.3, 0.4) is 0 Å². The van der Waals surface area contributed by atoms with Crippen LogP contribution in [0.5, 0.6) is 5.75 Å². The van der Waals surface area contributed by atoms with Crippen LogP contribution in [-0.4, -0.2) is 26.7 Å². The van der Waals surface area contributed by atoms with E-state index in [2.05, 4.69) is 10.1 Å². The topological polar surface area (TPSA) is 65.8 Å². The molecule has 1 amide bonds. The van der Waals surface area contributed by atoms with E-state index < -0.39 is 0 Å². The number of carbonyl (C=O) groups is 1. The number of aromatic hydroxyl groups is 1. The van der Waals surface area contributed by atoms with E-state index in [4.69, 9.17) is 0 Å². The second-order valence-electron chi connectivity index (χ2n) is 5.69. The van der Waals surface area contributed by atoms with E-state index in [9.17, 15) is 9.90 Å². The van der Waals surface area contributed by atoms with Gasteiger partial charge >= 0.3 is 0 Å². The molecule has 1 N–H and O–H groups in total. The summed E-state index contributed by atoms with van der Waals surface area (Å²) in [6.45, 7) is 0. The molecule has 4 rings (SSSR count). The molecule has 3 heterocycles. The number of hydrogen-bond donors (Lipinski definition) is 1. The lowest BCUT2D eigenvalue weighted by molar-refractivity contribution is 0.0714. The number of phenols is 1. The maximum Gasteiger partial charge on any atom is 0.284 e. The quantitative estimate of drug-likeness (QED) is 0.781. The number of phenolic OH excluding ortho intramolecular Hbond substituents is 1. The lowest BCUT2D eigenvalue weighted by atomic mass is 9.98. The minimum Gasteiger partial charge on any atom is -0.508 e. The van der Waals surface area contributed by atoms with Crippen LogP contribution in [0, 0.1) is 0 Å². The molecule has 1 aliphatic rings. The molecule has 0 bridgehead atoms. The van der Waals surface area contributed by atoms with Crippen molar-refractivity contribution < 1.29 is 9.90 Å². The number of pyridine rings is 1. The zero-order valence-electron chi connectivity index (χ0n) is 13.2. The third kappa shape index (κ3) is 2.92. The molecule has 124 valence electrons.